The van der Waals surface area contributed by atoms with Crippen LogP contribution in [0.4, 0.5) is 5.69 Å². The molecule has 0 aliphatic carbocycles. The largest absolute Gasteiger partial charge is 0.314 e. The zero-order chi connectivity index (χ0) is 15.3. The van der Waals surface area contributed by atoms with Gasteiger partial charge in [0.05, 0.1) is 15.0 Å². The maximum absolute atomic E-state index is 11.1. The summed E-state index contributed by atoms with van der Waals surface area (Å²) in [5, 5.41) is 15.1. The highest BCUT2D eigenvalue weighted by Crippen LogP contribution is 2.31. The molecule has 0 saturated heterocycles. The molecule has 0 fully saturated rings. The van der Waals surface area contributed by atoms with Crippen molar-refractivity contribution in [3.63, 3.8) is 0 Å². The summed E-state index contributed by atoms with van der Waals surface area (Å²) in [6, 6.07) is 3.13. The predicted molar refractivity (Wildman–Crippen MR) is 83.7 cm³/mol. The van der Waals surface area contributed by atoms with Gasteiger partial charge in [-0.15, -0.1) is 0 Å². The van der Waals surface area contributed by atoms with Gasteiger partial charge in [0, 0.05) is 17.7 Å². The Bertz CT molecular complexity index is 478. The highest BCUT2D eigenvalue weighted by Gasteiger charge is 2.20. The van der Waals surface area contributed by atoms with Crippen LogP contribution in [0.15, 0.2) is 12.1 Å². The predicted octanol–water partition coefficient (Wildman–Crippen LogP) is 4.47. The summed E-state index contributed by atoms with van der Waals surface area (Å²) >= 11 is 11.8. The van der Waals surface area contributed by atoms with Crippen LogP contribution in [0.1, 0.15) is 32.8 Å². The van der Waals surface area contributed by atoms with E-state index in [2.05, 4.69) is 19.2 Å². The standard InChI is InChI=1S/C14H20Cl2N2O2/c1-4-17-11(5-9(2)3)6-10-7-12(15)13(16)8-14(10)18(19)20/h7-9,11,17H,4-6H2,1-3H3. The quantitative estimate of drug-likeness (QED) is 0.596. The maximum atomic E-state index is 11.1. The minimum absolute atomic E-state index is 0.0334. The Morgan fingerprint density at radius 1 is 1.30 bits per heavy atom. The molecule has 112 valence electrons. The van der Waals surface area contributed by atoms with Gasteiger partial charge in [-0.25, -0.2) is 0 Å². The molecule has 1 aromatic carbocycles. The molecule has 0 aromatic heterocycles. The van der Waals surface area contributed by atoms with E-state index in [1.54, 1.807) is 6.07 Å². The zero-order valence-corrected chi connectivity index (χ0v) is 13.5. The summed E-state index contributed by atoms with van der Waals surface area (Å²) in [5.41, 5.74) is 0.655. The lowest BCUT2D eigenvalue weighted by Gasteiger charge is -2.20. The van der Waals surface area contributed by atoms with Crippen molar-refractivity contribution in [2.75, 3.05) is 6.54 Å². The Balaban J connectivity index is 3.04. The third kappa shape index (κ3) is 4.93. The fourth-order valence-electron chi connectivity index (χ4n) is 2.27. The van der Waals surface area contributed by atoms with Gasteiger partial charge in [-0.05, 0) is 31.4 Å². The zero-order valence-electron chi connectivity index (χ0n) is 12.0. The minimum Gasteiger partial charge on any atom is -0.314 e. The second-order valence-corrected chi connectivity index (χ2v) is 6.05. The number of hydrogen-bond donors (Lipinski definition) is 1. The average molecular weight is 319 g/mol. The summed E-state index contributed by atoms with van der Waals surface area (Å²) in [4.78, 5) is 10.7. The fourth-order valence-corrected chi connectivity index (χ4v) is 2.62. The number of benzene rings is 1. The third-order valence-electron chi connectivity index (χ3n) is 3.03. The lowest BCUT2D eigenvalue weighted by atomic mass is 9.96. The molecule has 0 aliphatic rings. The van der Waals surface area contributed by atoms with Crippen molar-refractivity contribution in [3.8, 4) is 0 Å². The molecule has 0 saturated carbocycles. The van der Waals surface area contributed by atoms with E-state index in [9.17, 15) is 10.1 Å². The first-order valence-corrected chi connectivity index (χ1v) is 7.46. The van der Waals surface area contributed by atoms with Crippen molar-refractivity contribution >= 4 is 28.9 Å². The van der Waals surface area contributed by atoms with Crippen molar-refractivity contribution < 1.29 is 4.92 Å². The van der Waals surface area contributed by atoms with E-state index < -0.39 is 4.92 Å². The molecule has 20 heavy (non-hydrogen) atoms. The number of nitro groups is 1. The summed E-state index contributed by atoms with van der Waals surface area (Å²) in [7, 11) is 0. The summed E-state index contributed by atoms with van der Waals surface area (Å²) in [6.07, 6.45) is 1.52. The Hall–Kier alpha value is -0.840. The topological polar surface area (TPSA) is 55.2 Å². The minimum atomic E-state index is -0.407. The van der Waals surface area contributed by atoms with Crippen LogP contribution in [-0.2, 0) is 6.42 Å². The second-order valence-electron chi connectivity index (χ2n) is 5.24. The van der Waals surface area contributed by atoms with Crippen LogP contribution in [0.2, 0.25) is 10.0 Å². The van der Waals surface area contributed by atoms with Crippen LogP contribution in [0.25, 0.3) is 0 Å². The molecule has 1 rings (SSSR count). The van der Waals surface area contributed by atoms with Gasteiger partial charge in [0.1, 0.15) is 0 Å². The van der Waals surface area contributed by atoms with Gasteiger partial charge in [-0.2, -0.15) is 0 Å². The first kappa shape index (κ1) is 17.2. The maximum Gasteiger partial charge on any atom is 0.274 e. The molecular formula is C14H20Cl2N2O2. The van der Waals surface area contributed by atoms with Crippen LogP contribution in [0.5, 0.6) is 0 Å². The Labute approximate surface area is 129 Å². The molecule has 0 bridgehead atoms. The van der Waals surface area contributed by atoms with E-state index in [-0.39, 0.29) is 16.8 Å². The molecule has 4 nitrogen and oxygen atoms in total. The van der Waals surface area contributed by atoms with Crippen molar-refractivity contribution in [2.45, 2.75) is 39.7 Å². The Kier molecular flexibility index (Phi) is 6.72. The van der Waals surface area contributed by atoms with Crippen molar-refractivity contribution in [1.29, 1.82) is 0 Å². The van der Waals surface area contributed by atoms with Gasteiger partial charge in [0.25, 0.3) is 5.69 Å². The average Bonchev–Trinajstić information content (AvgIpc) is 2.32. The molecule has 0 radical (unpaired) electrons. The molecular weight excluding hydrogens is 299 g/mol. The summed E-state index contributed by atoms with van der Waals surface area (Å²) in [5.74, 6) is 0.515. The van der Waals surface area contributed by atoms with Crippen LogP contribution < -0.4 is 5.32 Å². The van der Waals surface area contributed by atoms with E-state index in [0.717, 1.165) is 13.0 Å². The lowest BCUT2D eigenvalue weighted by molar-refractivity contribution is -0.385. The number of nitro benzene ring substituents is 1. The molecule has 0 spiro atoms. The number of hydrogen-bond acceptors (Lipinski definition) is 3. The molecule has 6 heteroatoms. The number of likely N-dealkylation sites (N-methyl/N-ethyl adjacent to an activating group) is 1. The number of rotatable bonds is 7. The van der Waals surface area contributed by atoms with Gasteiger partial charge in [-0.3, -0.25) is 10.1 Å². The van der Waals surface area contributed by atoms with E-state index in [1.165, 1.54) is 6.07 Å². The van der Waals surface area contributed by atoms with E-state index >= 15 is 0 Å². The number of nitrogens with zero attached hydrogens (tertiary/aromatic N) is 1. The third-order valence-corrected chi connectivity index (χ3v) is 3.76. The molecule has 0 amide bonds. The van der Waals surface area contributed by atoms with E-state index in [1.807, 2.05) is 6.92 Å². The summed E-state index contributed by atoms with van der Waals surface area (Å²) in [6.45, 7) is 7.12. The normalized spacial score (nSPS) is 12.7. The first-order chi connectivity index (χ1) is 9.35. The molecule has 1 aromatic rings. The summed E-state index contributed by atoms with van der Waals surface area (Å²) < 4.78 is 0. The first-order valence-electron chi connectivity index (χ1n) is 6.70. The van der Waals surface area contributed by atoms with E-state index in [4.69, 9.17) is 23.2 Å². The van der Waals surface area contributed by atoms with Crippen molar-refractivity contribution in [3.05, 3.63) is 37.9 Å². The van der Waals surface area contributed by atoms with Crippen molar-refractivity contribution in [1.82, 2.24) is 5.32 Å². The number of halogens is 2. The Morgan fingerprint density at radius 2 is 1.90 bits per heavy atom. The van der Waals surface area contributed by atoms with Gasteiger partial charge >= 0.3 is 0 Å². The van der Waals surface area contributed by atoms with Crippen LogP contribution in [0.3, 0.4) is 0 Å². The highest BCUT2D eigenvalue weighted by molar-refractivity contribution is 6.42. The van der Waals surface area contributed by atoms with Gasteiger partial charge in [0.15, 0.2) is 0 Å². The van der Waals surface area contributed by atoms with Crippen LogP contribution >= 0.6 is 23.2 Å². The second kappa shape index (κ2) is 7.81. The SMILES string of the molecule is CCNC(Cc1cc(Cl)c(Cl)cc1[N+](=O)[O-])CC(C)C. The highest BCUT2D eigenvalue weighted by atomic mass is 35.5. The fraction of sp³-hybridized carbons (Fsp3) is 0.571. The molecule has 1 N–H and O–H groups in total. The van der Waals surface area contributed by atoms with Gasteiger partial charge < -0.3 is 5.32 Å². The molecule has 0 aliphatic heterocycles. The van der Waals surface area contributed by atoms with Crippen LogP contribution in [0, 0.1) is 16.0 Å². The van der Waals surface area contributed by atoms with Crippen molar-refractivity contribution in [2.24, 2.45) is 5.92 Å². The van der Waals surface area contributed by atoms with Gasteiger partial charge in [-0.1, -0.05) is 44.0 Å². The smallest absolute Gasteiger partial charge is 0.274 e. The molecule has 1 atom stereocenters. The number of nitrogens with one attached hydrogen (secondary N) is 1. The Morgan fingerprint density at radius 3 is 2.40 bits per heavy atom. The molecule has 1 unspecified atom stereocenters. The monoisotopic (exact) mass is 318 g/mol. The van der Waals surface area contributed by atoms with Crippen LogP contribution in [-0.4, -0.2) is 17.5 Å². The van der Waals surface area contributed by atoms with E-state index in [0.29, 0.717) is 22.9 Å². The molecule has 0 heterocycles. The van der Waals surface area contributed by atoms with Gasteiger partial charge in [0.2, 0.25) is 0 Å². The lowest BCUT2D eigenvalue weighted by Crippen LogP contribution is -2.32.